The summed E-state index contributed by atoms with van der Waals surface area (Å²) in [5, 5.41) is 3.03. The fourth-order valence-corrected chi connectivity index (χ4v) is 2.71. The van der Waals surface area contributed by atoms with Crippen molar-refractivity contribution in [1.82, 2.24) is 5.32 Å². The van der Waals surface area contributed by atoms with Gasteiger partial charge in [0.15, 0.2) is 0 Å². The van der Waals surface area contributed by atoms with E-state index >= 15 is 0 Å². The Labute approximate surface area is 118 Å². The summed E-state index contributed by atoms with van der Waals surface area (Å²) in [6.45, 7) is 3.68. The van der Waals surface area contributed by atoms with E-state index in [0.29, 0.717) is 22.8 Å². The van der Waals surface area contributed by atoms with Crippen molar-refractivity contribution >= 4 is 33.2 Å². The fraction of sp³-hybridized carbons (Fsp3) is 0.417. The molecule has 1 aromatic carbocycles. The van der Waals surface area contributed by atoms with Crippen LogP contribution in [0.15, 0.2) is 18.2 Å². The summed E-state index contributed by atoms with van der Waals surface area (Å²) >= 11 is 5.98. The number of halogens is 1. The van der Waals surface area contributed by atoms with E-state index in [0.717, 1.165) is 10.6 Å². The number of amides is 1. The Kier molecular flexibility index (Phi) is 5.20. The van der Waals surface area contributed by atoms with Crippen LogP contribution in [-0.2, 0) is 14.8 Å². The summed E-state index contributed by atoms with van der Waals surface area (Å²) in [7, 11) is -3.56. The van der Waals surface area contributed by atoms with Gasteiger partial charge in [0.05, 0.1) is 11.9 Å². The van der Waals surface area contributed by atoms with Gasteiger partial charge in [0.1, 0.15) is 6.54 Å². The Bertz CT molecular complexity index is 572. The fourth-order valence-electron chi connectivity index (χ4n) is 1.63. The number of nitrogens with one attached hydrogen (secondary N) is 1. The third-order valence-electron chi connectivity index (χ3n) is 2.57. The molecule has 106 valence electrons. The molecule has 1 N–H and O–H groups in total. The maximum absolute atomic E-state index is 11.8. The lowest BCUT2D eigenvalue weighted by Gasteiger charge is -2.23. The van der Waals surface area contributed by atoms with Crippen molar-refractivity contribution in [3.05, 3.63) is 28.8 Å². The van der Waals surface area contributed by atoms with E-state index in [1.807, 2.05) is 0 Å². The van der Waals surface area contributed by atoms with Crippen LogP contribution in [0.2, 0.25) is 5.02 Å². The highest BCUT2D eigenvalue weighted by Gasteiger charge is 2.22. The number of nitrogens with zero attached hydrogens (tertiary/aromatic N) is 1. The average molecular weight is 305 g/mol. The van der Waals surface area contributed by atoms with Crippen LogP contribution in [0.3, 0.4) is 0 Å². The van der Waals surface area contributed by atoms with Crippen molar-refractivity contribution in [3.63, 3.8) is 0 Å². The molecule has 0 aliphatic heterocycles. The van der Waals surface area contributed by atoms with Crippen molar-refractivity contribution < 1.29 is 13.2 Å². The lowest BCUT2D eigenvalue weighted by atomic mass is 10.2. The van der Waals surface area contributed by atoms with Gasteiger partial charge in [-0.3, -0.25) is 9.10 Å². The Morgan fingerprint density at radius 3 is 2.58 bits per heavy atom. The predicted molar refractivity (Wildman–Crippen MR) is 77.1 cm³/mol. The van der Waals surface area contributed by atoms with Gasteiger partial charge in [0, 0.05) is 11.6 Å². The zero-order valence-electron chi connectivity index (χ0n) is 11.1. The number of hydrogen-bond acceptors (Lipinski definition) is 3. The molecule has 0 saturated carbocycles. The number of hydrogen-bond donors (Lipinski definition) is 1. The van der Waals surface area contributed by atoms with E-state index in [1.165, 1.54) is 0 Å². The molecular weight excluding hydrogens is 288 g/mol. The highest BCUT2D eigenvalue weighted by molar-refractivity contribution is 7.92. The Morgan fingerprint density at radius 2 is 2.05 bits per heavy atom. The third-order valence-corrected chi connectivity index (χ3v) is 4.11. The average Bonchev–Trinajstić information content (AvgIpc) is 2.29. The zero-order chi connectivity index (χ0) is 14.6. The molecule has 0 atom stereocenters. The third kappa shape index (κ3) is 4.11. The molecule has 0 aliphatic carbocycles. The molecule has 0 saturated heterocycles. The number of likely N-dealkylation sites (N-methyl/N-ethyl adjacent to an activating group) is 1. The van der Waals surface area contributed by atoms with E-state index in [-0.39, 0.29) is 12.5 Å². The van der Waals surface area contributed by atoms with Crippen LogP contribution in [0, 0.1) is 6.92 Å². The first-order chi connectivity index (χ1) is 8.77. The van der Waals surface area contributed by atoms with Crippen LogP contribution < -0.4 is 9.62 Å². The molecule has 0 heterocycles. The topological polar surface area (TPSA) is 66.5 Å². The van der Waals surface area contributed by atoms with Crippen molar-refractivity contribution in [1.29, 1.82) is 0 Å². The molecule has 7 heteroatoms. The van der Waals surface area contributed by atoms with E-state index in [4.69, 9.17) is 11.6 Å². The van der Waals surface area contributed by atoms with Gasteiger partial charge in [-0.25, -0.2) is 8.42 Å². The number of benzene rings is 1. The van der Waals surface area contributed by atoms with E-state index in [1.54, 1.807) is 32.0 Å². The van der Waals surface area contributed by atoms with Crippen LogP contribution in [-0.4, -0.2) is 33.7 Å². The number of carbonyl (C=O) groups is 1. The van der Waals surface area contributed by atoms with Gasteiger partial charge in [0.2, 0.25) is 15.9 Å². The smallest absolute Gasteiger partial charge is 0.240 e. The summed E-state index contributed by atoms with van der Waals surface area (Å²) in [5.41, 5.74) is 1.04. The molecule has 0 bridgehead atoms. The highest BCUT2D eigenvalue weighted by Crippen LogP contribution is 2.27. The SMILES string of the molecule is CCNC(=O)CN(c1cccc(Cl)c1C)S(C)(=O)=O. The molecule has 0 unspecified atom stereocenters. The minimum atomic E-state index is -3.56. The molecule has 0 aromatic heterocycles. The molecular formula is C12H17ClN2O3S. The van der Waals surface area contributed by atoms with Gasteiger partial charge in [-0.2, -0.15) is 0 Å². The van der Waals surface area contributed by atoms with Gasteiger partial charge < -0.3 is 5.32 Å². The number of anilines is 1. The molecule has 0 radical (unpaired) electrons. The summed E-state index contributed by atoms with van der Waals surface area (Å²) < 4.78 is 24.7. The first-order valence-electron chi connectivity index (χ1n) is 5.77. The maximum Gasteiger partial charge on any atom is 0.240 e. The van der Waals surface area contributed by atoms with Crippen molar-refractivity contribution in [2.45, 2.75) is 13.8 Å². The quantitative estimate of drug-likeness (QED) is 0.897. The van der Waals surface area contributed by atoms with Crippen LogP contribution in [0.1, 0.15) is 12.5 Å². The second-order valence-electron chi connectivity index (χ2n) is 4.11. The number of carbonyl (C=O) groups excluding carboxylic acids is 1. The zero-order valence-corrected chi connectivity index (χ0v) is 12.7. The van der Waals surface area contributed by atoms with E-state index in [2.05, 4.69) is 5.32 Å². The van der Waals surface area contributed by atoms with Crippen LogP contribution in [0.4, 0.5) is 5.69 Å². The number of sulfonamides is 1. The monoisotopic (exact) mass is 304 g/mol. The largest absolute Gasteiger partial charge is 0.355 e. The number of rotatable bonds is 5. The molecule has 1 amide bonds. The standard InChI is InChI=1S/C12H17ClN2O3S/c1-4-14-12(16)8-15(19(3,17)18)11-7-5-6-10(13)9(11)2/h5-7H,4,8H2,1-3H3,(H,14,16). The maximum atomic E-state index is 11.8. The van der Waals surface area contributed by atoms with Gasteiger partial charge in [-0.15, -0.1) is 0 Å². The van der Waals surface area contributed by atoms with Gasteiger partial charge in [-0.05, 0) is 31.5 Å². The molecule has 19 heavy (non-hydrogen) atoms. The lowest BCUT2D eigenvalue weighted by Crippen LogP contribution is -2.40. The molecule has 5 nitrogen and oxygen atoms in total. The second-order valence-corrected chi connectivity index (χ2v) is 6.42. The van der Waals surface area contributed by atoms with Crippen molar-refractivity contribution in [2.75, 3.05) is 23.7 Å². The summed E-state index contributed by atoms with van der Waals surface area (Å²) in [6.07, 6.45) is 1.06. The van der Waals surface area contributed by atoms with Crippen LogP contribution >= 0.6 is 11.6 Å². The minimum Gasteiger partial charge on any atom is -0.355 e. The predicted octanol–water partition coefficient (Wildman–Crippen LogP) is 1.55. The molecule has 1 rings (SSSR count). The summed E-state index contributed by atoms with van der Waals surface area (Å²) in [6, 6.07) is 4.95. The molecule has 1 aromatic rings. The first-order valence-corrected chi connectivity index (χ1v) is 7.99. The van der Waals surface area contributed by atoms with Gasteiger partial charge in [-0.1, -0.05) is 17.7 Å². The van der Waals surface area contributed by atoms with Crippen LogP contribution in [0.5, 0.6) is 0 Å². The van der Waals surface area contributed by atoms with E-state index < -0.39 is 10.0 Å². The molecule has 0 fully saturated rings. The Hall–Kier alpha value is -1.27. The van der Waals surface area contributed by atoms with Gasteiger partial charge in [0.25, 0.3) is 0 Å². The minimum absolute atomic E-state index is 0.256. The highest BCUT2D eigenvalue weighted by atomic mass is 35.5. The van der Waals surface area contributed by atoms with Gasteiger partial charge >= 0.3 is 0 Å². The van der Waals surface area contributed by atoms with Crippen molar-refractivity contribution in [3.8, 4) is 0 Å². The molecule has 0 aliphatic rings. The summed E-state index contributed by atoms with van der Waals surface area (Å²) in [4.78, 5) is 11.6. The second kappa shape index (κ2) is 6.25. The molecule has 0 spiro atoms. The normalized spacial score (nSPS) is 11.2. The van der Waals surface area contributed by atoms with E-state index in [9.17, 15) is 13.2 Å². The first kappa shape index (κ1) is 15.8. The Balaban J connectivity index is 3.19. The Morgan fingerprint density at radius 1 is 1.42 bits per heavy atom. The summed E-state index contributed by atoms with van der Waals surface area (Å²) in [5.74, 6) is -0.354. The van der Waals surface area contributed by atoms with Crippen molar-refractivity contribution in [2.24, 2.45) is 0 Å². The van der Waals surface area contributed by atoms with Crippen LogP contribution in [0.25, 0.3) is 0 Å². The lowest BCUT2D eigenvalue weighted by molar-refractivity contribution is -0.119.